The average Bonchev–Trinajstić information content (AvgIpc) is 3.82. The molecule has 1 aliphatic heterocycles. The monoisotopic (exact) mass is 651 g/mol. The lowest BCUT2D eigenvalue weighted by Crippen LogP contribution is -2.47. The minimum absolute atomic E-state index is 0.0881. The molecule has 5 aromatic rings. The molecule has 2 amide bonds. The Bertz CT molecular complexity index is 1870. The van der Waals surface area contributed by atoms with Gasteiger partial charge < -0.3 is 19.4 Å². The van der Waals surface area contributed by atoms with Gasteiger partial charge in [0.15, 0.2) is 0 Å². The minimum atomic E-state index is -1.12. The fourth-order valence-electron chi connectivity index (χ4n) is 5.65. The number of hydrogen-bond donors (Lipinski definition) is 1. The number of hydrogen-bond acceptors (Lipinski definition) is 10. The molecular weight excluding hydrogens is 614 g/mol. The molecule has 47 heavy (non-hydrogen) atoms. The third kappa shape index (κ3) is 7.38. The molecule has 1 fully saturated rings. The van der Waals surface area contributed by atoms with Crippen molar-refractivity contribution in [3.63, 3.8) is 0 Å². The Morgan fingerprint density at radius 2 is 1.77 bits per heavy atom. The molecule has 2 unspecified atom stereocenters. The number of amides is 2. The first kappa shape index (κ1) is 32.0. The van der Waals surface area contributed by atoms with Crippen molar-refractivity contribution >= 4 is 23.3 Å². The van der Waals surface area contributed by atoms with E-state index in [2.05, 4.69) is 25.5 Å². The maximum absolute atomic E-state index is 14.1. The van der Waals surface area contributed by atoms with Crippen molar-refractivity contribution in [2.45, 2.75) is 71.1 Å². The first-order valence-electron chi connectivity index (χ1n) is 15.5. The molecule has 1 saturated heterocycles. The fraction of sp³-hybridized carbons (Fsp3) is 0.343. The van der Waals surface area contributed by atoms with E-state index >= 15 is 0 Å². The molecule has 5 heterocycles. The van der Waals surface area contributed by atoms with Crippen molar-refractivity contribution in [2.24, 2.45) is 0 Å². The van der Waals surface area contributed by atoms with Crippen LogP contribution < -0.4 is 5.32 Å². The molecular formula is C35H37N7O4S. The Hall–Kier alpha value is -4.97. The zero-order valence-corrected chi connectivity index (χ0v) is 27.9. The van der Waals surface area contributed by atoms with Crippen LogP contribution in [-0.4, -0.2) is 54.2 Å². The number of pyridine rings is 2. The molecule has 242 valence electrons. The van der Waals surface area contributed by atoms with Crippen LogP contribution in [-0.2, 0) is 16.7 Å². The quantitative estimate of drug-likeness (QED) is 0.190. The molecule has 11 nitrogen and oxygen atoms in total. The molecule has 1 N–H and O–H groups in total. The lowest BCUT2D eigenvalue weighted by atomic mass is 9.92. The minimum Gasteiger partial charge on any atom is -0.444 e. The number of nitrogens with one attached hydrogen (secondary N) is 1. The van der Waals surface area contributed by atoms with Crippen LogP contribution in [0.25, 0.3) is 22.8 Å². The number of thiazole rings is 1. The number of ether oxygens (including phenoxy) is 1. The highest BCUT2D eigenvalue weighted by Crippen LogP contribution is 2.36. The highest BCUT2D eigenvalue weighted by atomic mass is 32.1. The van der Waals surface area contributed by atoms with Crippen molar-refractivity contribution in [1.82, 2.24) is 35.4 Å². The third-order valence-electron chi connectivity index (χ3n) is 7.78. The van der Waals surface area contributed by atoms with Crippen LogP contribution in [0.2, 0.25) is 0 Å². The number of aromatic nitrogens is 5. The van der Waals surface area contributed by atoms with E-state index in [0.29, 0.717) is 29.9 Å². The summed E-state index contributed by atoms with van der Waals surface area (Å²) >= 11 is 1.58. The molecule has 1 aliphatic rings. The van der Waals surface area contributed by atoms with Crippen molar-refractivity contribution in [2.75, 3.05) is 6.54 Å². The van der Waals surface area contributed by atoms with Gasteiger partial charge in [0.05, 0.1) is 11.7 Å². The second kappa shape index (κ2) is 13.0. The molecule has 0 aliphatic carbocycles. The van der Waals surface area contributed by atoms with Crippen LogP contribution in [0.15, 0.2) is 76.8 Å². The van der Waals surface area contributed by atoms with Gasteiger partial charge in [-0.15, -0.1) is 21.5 Å². The van der Waals surface area contributed by atoms with Crippen LogP contribution in [0.4, 0.5) is 4.79 Å². The first-order chi connectivity index (χ1) is 22.5. The molecule has 6 rings (SSSR count). The predicted octanol–water partition coefficient (Wildman–Crippen LogP) is 6.92. The van der Waals surface area contributed by atoms with E-state index in [1.54, 1.807) is 56.6 Å². The Morgan fingerprint density at radius 3 is 2.47 bits per heavy atom. The highest BCUT2D eigenvalue weighted by Gasteiger charge is 2.37. The van der Waals surface area contributed by atoms with Crippen molar-refractivity contribution < 1.29 is 18.7 Å². The lowest BCUT2D eigenvalue weighted by molar-refractivity contribution is 0.0443. The molecule has 1 aromatic carbocycles. The van der Waals surface area contributed by atoms with E-state index < -0.39 is 17.2 Å². The lowest BCUT2D eigenvalue weighted by Gasteiger charge is -2.29. The van der Waals surface area contributed by atoms with Gasteiger partial charge in [0.2, 0.25) is 5.89 Å². The zero-order valence-electron chi connectivity index (χ0n) is 27.1. The summed E-state index contributed by atoms with van der Waals surface area (Å²) in [5.41, 5.74) is 2.20. The molecule has 2 atom stereocenters. The van der Waals surface area contributed by atoms with Gasteiger partial charge in [-0.1, -0.05) is 30.3 Å². The second-order valence-electron chi connectivity index (χ2n) is 12.9. The van der Waals surface area contributed by atoms with Gasteiger partial charge in [-0.25, -0.2) is 14.8 Å². The summed E-state index contributed by atoms with van der Waals surface area (Å²) in [6.07, 6.45) is 4.84. The number of benzene rings is 1. The first-order valence-corrected chi connectivity index (χ1v) is 16.4. The third-order valence-corrected chi connectivity index (χ3v) is 8.84. The second-order valence-corrected chi connectivity index (χ2v) is 13.8. The van der Waals surface area contributed by atoms with E-state index in [-0.39, 0.29) is 23.7 Å². The van der Waals surface area contributed by atoms with E-state index in [1.165, 1.54) is 0 Å². The smallest absolute Gasteiger partial charge is 0.408 e. The number of likely N-dealkylation sites (tertiary alicyclic amines) is 1. The summed E-state index contributed by atoms with van der Waals surface area (Å²) in [6.45, 7) is 9.80. The van der Waals surface area contributed by atoms with E-state index in [9.17, 15) is 9.59 Å². The molecule has 0 spiro atoms. The van der Waals surface area contributed by atoms with Gasteiger partial charge in [-0.05, 0) is 77.3 Å². The molecule has 12 heteroatoms. The number of carbonyl (C=O) groups is 2. The number of rotatable bonds is 8. The number of carbonyl (C=O) groups excluding carboxylic acids is 2. The van der Waals surface area contributed by atoms with E-state index in [4.69, 9.17) is 14.1 Å². The van der Waals surface area contributed by atoms with Crippen LogP contribution in [0.3, 0.4) is 0 Å². The Labute approximate surface area is 277 Å². The van der Waals surface area contributed by atoms with Crippen molar-refractivity contribution in [3.05, 3.63) is 100 Å². The maximum Gasteiger partial charge on any atom is 0.408 e. The van der Waals surface area contributed by atoms with E-state index in [0.717, 1.165) is 34.7 Å². The van der Waals surface area contributed by atoms with Crippen LogP contribution in [0.1, 0.15) is 79.1 Å². The average molecular weight is 652 g/mol. The van der Waals surface area contributed by atoms with Gasteiger partial charge in [0.25, 0.3) is 11.8 Å². The van der Waals surface area contributed by atoms with Gasteiger partial charge in [-0.2, -0.15) is 0 Å². The van der Waals surface area contributed by atoms with Crippen molar-refractivity contribution in [3.8, 4) is 22.8 Å². The summed E-state index contributed by atoms with van der Waals surface area (Å²) in [5, 5.41) is 14.6. The normalized spacial score (nSPS) is 16.1. The summed E-state index contributed by atoms with van der Waals surface area (Å²) in [4.78, 5) is 42.7. The molecule has 0 bridgehead atoms. The van der Waals surface area contributed by atoms with Gasteiger partial charge >= 0.3 is 6.09 Å². The van der Waals surface area contributed by atoms with Crippen LogP contribution in [0, 0.1) is 6.92 Å². The fourth-order valence-corrected chi connectivity index (χ4v) is 6.59. The molecule has 4 aromatic heterocycles. The maximum atomic E-state index is 14.1. The van der Waals surface area contributed by atoms with Gasteiger partial charge in [0, 0.05) is 47.6 Å². The number of nitrogens with zero attached hydrogens (tertiary/aromatic N) is 6. The van der Waals surface area contributed by atoms with Gasteiger partial charge in [-0.3, -0.25) is 9.78 Å². The molecule has 0 saturated carbocycles. The Balaban J connectivity index is 1.38. The zero-order chi connectivity index (χ0) is 33.2. The SMILES string of the molecule is Cc1csc(C2CCCN2C(=O)c2cc(-c3ccncc3)nc(-c3nnc(C(C)(Cc4ccccc4)NC(=O)OC(C)(C)C)o3)c2)n1. The Kier molecular flexibility index (Phi) is 8.87. The number of alkyl carbamates (subject to hydrolysis) is 1. The predicted molar refractivity (Wildman–Crippen MR) is 177 cm³/mol. The largest absolute Gasteiger partial charge is 0.444 e. The number of aryl methyl sites for hydroxylation is 1. The summed E-state index contributed by atoms with van der Waals surface area (Å²) < 4.78 is 11.9. The highest BCUT2D eigenvalue weighted by molar-refractivity contribution is 7.09. The Morgan fingerprint density at radius 1 is 1.02 bits per heavy atom. The van der Waals surface area contributed by atoms with Crippen molar-refractivity contribution in [1.29, 1.82) is 0 Å². The topological polar surface area (TPSA) is 136 Å². The summed E-state index contributed by atoms with van der Waals surface area (Å²) in [6, 6.07) is 16.7. The van der Waals surface area contributed by atoms with Crippen LogP contribution >= 0.6 is 11.3 Å². The van der Waals surface area contributed by atoms with Gasteiger partial charge in [0.1, 0.15) is 21.8 Å². The van der Waals surface area contributed by atoms with Crippen LogP contribution in [0.5, 0.6) is 0 Å². The van der Waals surface area contributed by atoms with E-state index in [1.807, 2.05) is 66.6 Å². The standard InChI is InChI=1S/C35H37N7O4S/c1-22-21-47-30(37-22)28-12-9-17-42(28)31(43)25-18-26(24-13-15-36-16-14-24)38-27(19-25)29-40-41-32(45-29)35(5,20-23-10-7-6-8-11-23)39-33(44)46-34(2,3)4/h6-8,10-11,13-16,18-19,21,28H,9,12,17,20H2,1-5H3,(H,39,44). The summed E-state index contributed by atoms with van der Waals surface area (Å²) in [7, 11) is 0. The molecule has 0 radical (unpaired) electrons. The summed E-state index contributed by atoms with van der Waals surface area (Å²) in [5.74, 6) is 0.160.